The predicted octanol–water partition coefficient (Wildman–Crippen LogP) is 3.32. The van der Waals surface area contributed by atoms with Crippen LogP contribution in [0.25, 0.3) is 0 Å². The molecule has 0 radical (unpaired) electrons. The maximum atomic E-state index is 12.6. The second-order valence-electron chi connectivity index (χ2n) is 8.04. The molecule has 1 aromatic rings. The molecule has 2 saturated heterocycles. The fraction of sp³-hybridized carbons (Fsp3) is 0.636. The first-order chi connectivity index (χ1) is 14.1. The van der Waals surface area contributed by atoms with Crippen LogP contribution in [0.15, 0.2) is 18.2 Å². The summed E-state index contributed by atoms with van der Waals surface area (Å²) in [5.41, 5.74) is 2.05. The topological polar surface area (TPSA) is 73.9 Å². The quantitative estimate of drug-likeness (QED) is 0.685. The highest BCUT2D eigenvalue weighted by Crippen LogP contribution is 2.30. The Labute approximate surface area is 173 Å². The van der Waals surface area contributed by atoms with Crippen molar-refractivity contribution < 1.29 is 14.3 Å². The van der Waals surface area contributed by atoms with Crippen LogP contribution in [-0.4, -0.2) is 63.3 Å². The van der Waals surface area contributed by atoms with E-state index in [0.717, 1.165) is 64.1 Å². The van der Waals surface area contributed by atoms with Crippen molar-refractivity contribution in [2.24, 2.45) is 5.92 Å². The lowest BCUT2D eigenvalue weighted by molar-refractivity contribution is 0.0600. The van der Waals surface area contributed by atoms with Crippen molar-refractivity contribution in [3.8, 4) is 0 Å². The first-order valence-electron chi connectivity index (χ1n) is 10.8. The number of carbonyl (C=O) groups excluding carboxylic acids is 2. The zero-order valence-electron chi connectivity index (χ0n) is 17.7. The molecule has 2 amide bonds. The van der Waals surface area contributed by atoms with Crippen LogP contribution < -0.4 is 15.5 Å². The molecule has 2 aliphatic rings. The van der Waals surface area contributed by atoms with Gasteiger partial charge in [0.05, 0.1) is 24.0 Å². The number of piperidine rings is 1. The number of methoxy groups -OCH3 is 1. The molecule has 0 saturated carbocycles. The Hall–Kier alpha value is -2.28. The molecule has 0 spiro atoms. The van der Waals surface area contributed by atoms with Gasteiger partial charge in [-0.3, -0.25) is 0 Å². The molecule has 0 aromatic heterocycles. The third kappa shape index (κ3) is 5.85. The van der Waals surface area contributed by atoms with Crippen LogP contribution in [0.4, 0.5) is 16.2 Å². The molecule has 160 valence electrons. The lowest BCUT2D eigenvalue weighted by Crippen LogP contribution is -2.40. The van der Waals surface area contributed by atoms with Crippen LogP contribution in [0, 0.1) is 5.92 Å². The SMILES string of the molecule is CCCN1CCC(CNC(=O)Nc2cc(C(=O)OC)ccc2N2CCCC2)CC1. The van der Waals surface area contributed by atoms with E-state index in [1.807, 2.05) is 6.07 Å². The lowest BCUT2D eigenvalue weighted by atomic mass is 9.97. The Kier molecular flexibility index (Phi) is 7.75. The normalized spacial score (nSPS) is 17.9. The van der Waals surface area contributed by atoms with E-state index in [1.54, 1.807) is 12.1 Å². The summed E-state index contributed by atoms with van der Waals surface area (Å²) in [6, 6.07) is 5.15. The zero-order chi connectivity index (χ0) is 20.6. The minimum Gasteiger partial charge on any atom is -0.465 e. The summed E-state index contributed by atoms with van der Waals surface area (Å²) in [7, 11) is 1.36. The van der Waals surface area contributed by atoms with E-state index in [-0.39, 0.29) is 6.03 Å². The number of urea groups is 1. The number of hydrogen-bond acceptors (Lipinski definition) is 5. The highest BCUT2D eigenvalue weighted by molar-refractivity contribution is 5.97. The van der Waals surface area contributed by atoms with Crippen molar-refractivity contribution in [1.82, 2.24) is 10.2 Å². The number of carbonyl (C=O) groups is 2. The Morgan fingerprint density at radius 2 is 1.86 bits per heavy atom. The van der Waals surface area contributed by atoms with Crippen LogP contribution in [0.5, 0.6) is 0 Å². The molecular weight excluding hydrogens is 368 g/mol. The standard InChI is InChI=1S/C22H34N4O3/c1-3-10-25-13-8-17(9-14-25)16-23-22(28)24-19-15-18(21(27)29-2)6-7-20(19)26-11-4-5-12-26/h6-7,15,17H,3-5,8-14,16H2,1-2H3,(H2,23,24,28). The van der Waals surface area contributed by atoms with Crippen LogP contribution in [0.1, 0.15) is 49.4 Å². The van der Waals surface area contributed by atoms with Gasteiger partial charge in [0.25, 0.3) is 0 Å². The third-order valence-corrected chi connectivity index (χ3v) is 5.91. The van der Waals surface area contributed by atoms with Gasteiger partial charge in [0.15, 0.2) is 0 Å². The van der Waals surface area contributed by atoms with Gasteiger partial charge in [-0.05, 0) is 75.9 Å². The Morgan fingerprint density at radius 1 is 1.14 bits per heavy atom. The molecule has 2 N–H and O–H groups in total. The molecule has 2 fully saturated rings. The Morgan fingerprint density at radius 3 is 2.52 bits per heavy atom. The molecule has 7 heteroatoms. The summed E-state index contributed by atoms with van der Waals surface area (Å²) in [5, 5.41) is 5.99. The van der Waals surface area contributed by atoms with E-state index >= 15 is 0 Å². The van der Waals surface area contributed by atoms with E-state index in [9.17, 15) is 9.59 Å². The average Bonchev–Trinajstić information content (AvgIpc) is 3.27. The maximum Gasteiger partial charge on any atom is 0.337 e. The van der Waals surface area contributed by atoms with E-state index in [0.29, 0.717) is 23.7 Å². The number of nitrogens with one attached hydrogen (secondary N) is 2. The zero-order valence-corrected chi connectivity index (χ0v) is 17.7. The van der Waals surface area contributed by atoms with Crippen molar-refractivity contribution in [3.05, 3.63) is 23.8 Å². The van der Waals surface area contributed by atoms with Gasteiger partial charge in [-0.15, -0.1) is 0 Å². The minimum atomic E-state index is -0.403. The van der Waals surface area contributed by atoms with Gasteiger partial charge in [0.2, 0.25) is 0 Å². The molecule has 0 atom stereocenters. The largest absolute Gasteiger partial charge is 0.465 e. The second kappa shape index (κ2) is 10.5. The smallest absolute Gasteiger partial charge is 0.337 e. The van der Waals surface area contributed by atoms with Gasteiger partial charge in [0, 0.05) is 19.6 Å². The van der Waals surface area contributed by atoms with Crippen molar-refractivity contribution >= 4 is 23.4 Å². The number of nitrogens with zero attached hydrogens (tertiary/aromatic N) is 2. The molecule has 0 aliphatic carbocycles. The number of hydrogen-bond donors (Lipinski definition) is 2. The van der Waals surface area contributed by atoms with Crippen molar-refractivity contribution in [2.75, 3.05) is 56.6 Å². The van der Waals surface area contributed by atoms with Crippen molar-refractivity contribution in [1.29, 1.82) is 0 Å². The molecular formula is C22H34N4O3. The predicted molar refractivity (Wildman–Crippen MR) is 116 cm³/mol. The van der Waals surface area contributed by atoms with Crippen LogP contribution in [0.3, 0.4) is 0 Å². The summed E-state index contributed by atoms with van der Waals surface area (Å²) in [6.07, 6.45) is 5.71. The number of esters is 1. The van der Waals surface area contributed by atoms with Gasteiger partial charge in [-0.25, -0.2) is 9.59 Å². The van der Waals surface area contributed by atoms with Crippen molar-refractivity contribution in [2.45, 2.75) is 39.0 Å². The van der Waals surface area contributed by atoms with Crippen LogP contribution in [-0.2, 0) is 4.74 Å². The van der Waals surface area contributed by atoms with Gasteiger partial charge < -0.3 is 25.2 Å². The first-order valence-corrected chi connectivity index (χ1v) is 10.8. The molecule has 0 bridgehead atoms. The van der Waals surface area contributed by atoms with Gasteiger partial charge in [-0.2, -0.15) is 0 Å². The summed E-state index contributed by atoms with van der Waals surface area (Å²) in [6.45, 7) is 8.21. The highest BCUT2D eigenvalue weighted by atomic mass is 16.5. The Bertz CT molecular complexity index is 695. The monoisotopic (exact) mass is 402 g/mol. The molecule has 29 heavy (non-hydrogen) atoms. The molecule has 2 heterocycles. The maximum absolute atomic E-state index is 12.6. The number of rotatable bonds is 7. The number of likely N-dealkylation sites (tertiary alicyclic amines) is 1. The summed E-state index contributed by atoms with van der Waals surface area (Å²) in [5.74, 6) is 0.119. The summed E-state index contributed by atoms with van der Waals surface area (Å²) < 4.78 is 4.83. The Balaban J connectivity index is 1.58. The summed E-state index contributed by atoms with van der Waals surface area (Å²) in [4.78, 5) is 29.2. The molecule has 1 aromatic carbocycles. The van der Waals surface area contributed by atoms with Crippen LogP contribution in [0.2, 0.25) is 0 Å². The summed E-state index contributed by atoms with van der Waals surface area (Å²) >= 11 is 0. The van der Waals surface area contributed by atoms with E-state index in [4.69, 9.17) is 4.74 Å². The van der Waals surface area contributed by atoms with E-state index < -0.39 is 5.97 Å². The molecule has 2 aliphatic heterocycles. The van der Waals surface area contributed by atoms with Crippen molar-refractivity contribution in [3.63, 3.8) is 0 Å². The van der Waals surface area contributed by atoms with Gasteiger partial charge in [0.1, 0.15) is 0 Å². The molecule has 7 nitrogen and oxygen atoms in total. The van der Waals surface area contributed by atoms with Crippen LogP contribution >= 0.6 is 0 Å². The molecule has 3 rings (SSSR count). The number of anilines is 2. The fourth-order valence-electron chi connectivity index (χ4n) is 4.25. The number of benzene rings is 1. The molecule has 0 unspecified atom stereocenters. The average molecular weight is 403 g/mol. The van der Waals surface area contributed by atoms with E-state index in [1.165, 1.54) is 13.5 Å². The number of ether oxygens (including phenoxy) is 1. The first kappa shape index (κ1) is 21.4. The highest BCUT2D eigenvalue weighted by Gasteiger charge is 2.21. The lowest BCUT2D eigenvalue weighted by Gasteiger charge is -2.31. The van der Waals surface area contributed by atoms with E-state index in [2.05, 4.69) is 27.4 Å². The second-order valence-corrected chi connectivity index (χ2v) is 8.04. The number of amides is 2. The fourth-order valence-corrected chi connectivity index (χ4v) is 4.25. The minimum absolute atomic E-state index is 0.219. The van der Waals surface area contributed by atoms with Gasteiger partial charge >= 0.3 is 12.0 Å². The third-order valence-electron chi connectivity index (χ3n) is 5.91. The van der Waals surface area contributed by atoms with Gasteiger partial charge in [-0.1, -0.05) is 6.92 Å².